The van der Waals surface area contributed by atoms with Crippen molar-refractivity contribution in [3.05, 3.63) is 35.9 Å². The van der Waals surface area contributed by atoms with Crippen LogP contribution in [-0.2, 0) is 9.59 Å². The van der Waals surface area contributed by atoms with E-state index in [4.69, 9.17) is 0 Å². The molecule has 0 aliphatic rings. The van der Waals surface area contributed by atoms with Gasteiger partial charge < -0.3 is 5.32 Å². The number of hydrogen-bond donors (Lipinski definition) is 1. The molecule has 1 amide bonds. The fourth-order valence-corrected chi connectivity index (χ4v) is 2.19. The van der Waals surface area contributed by atoms with Crippen LogP contribution in [0.5, 0.6) is 0 Å². The van der Waals surface area contributed by atoms with Crippen LogP contribution in [0, 0.1) is 0 Å². The van der Waals surface area contributed by atoms with Gasteiger partial charge in [-0.2, -0.15) is 0 Å². The average molecular weight is 275 g/mol. The molecule has 1 aromatic carbocycles. The molecule has 0 saturated carbocycles. The summed E-state index contributed by atoms with van der Waals surface area (Å²) in [4.78, 5) is 24.3. The Kier molecular flexibility index (Phi) is 6.99. The fourth-order valence-electron chi connectivity index (χ4n) is 2.19. The minimum Gasteiger partial charge on any atom is -0.354 e. The van der Waals surface area contributed by atoms with Crippen molar-refractivity contribution in [1.29, 1.82) is 0 Å². The smallest absolute Gasteiger partial charge is 0.221 e. The molecular weight excluding hydrogens is 250 g/mol. The van der Waals surface area contributed by atoms with Crippen molar-refractivity contribution in [1.82, 2.24) is 5.32 Å². The first-order valence-electron chi connectivity index (χ1n) is 7.41. The lowest BCUT2D eigenvalue weighted by Gasteiger charge is -2.17. The van der Waals surface area contributed by atoms with Gasteiger partial charge in [0, 0.05) is 18.9 Å². The highest BCUT2D eigenvalue weighted by molar-refractivity contribution is 5.91. The van der Waals surface area contributed by atoms with Gasteiger partial charge in [0.25, 0.3) is 0 Å². The molecule has 1 atom stereocenters. The van der Waals surface area contributed by atoms with Crippen LogP contribution < -0.4 is 5.32 Å². The Labute approximate surface area is 121 Å². The number of hydrogen-bond acceptors (Lipinski definition) is 2. The van der Waals surface area contributed by atoms with Crippen molar-refractivity contribution in [2.75, 3.05) is 0 Å². The molecule has 1 N–H and O–H groups in total. The zero-order chi connectivity index (χ0) is 15.0. The highest BCUT2D eigenvalue weighted by atomic mass is 16.2. The first kappa shape index (κ1) is 16.4. The lowest BCUT2D eigenvalue weighted by molar-refractivity contribution is -0.127. The molecule has 0 aromatic heterocycles. The predicted molar refractivity (Wildman–Crippen MR) is 81.6 cm³/mol. The van der Waals surface area contributed by atoms with E-state index < -0.39 is 0 Å². The van der Waals surface area contributed by atoms with E-state index in [1.165, 1.54) is 0 Å². The van der Waals surface area contributed by atoms with Crippen LogP contribution in [-0.4, -0.2) is 17.7 Å². The molecule has 110 valence electrons. The van der Waals surface area contributed by atoms with Gasteiger partial charge in [-0.15, -0.1) is 0 Å². The molecule has 3 heteroatoms. The Morgan fingerprint density at radius 3 is 2.35 bits per heavy atom. The molecule has 20 heavy (non-hydrogen) atoms. The van der Waals surface area contributed by atoms with Crippen LogP contribution in [0.25, 0.3) is 0 Å². The van der Waals surface area contributed by atoms with Crippen molar-refractivity contribution >= 4 is 11.7 Å². The van der Waals surface area contributed by atoms with E-state index in [2.05, 4.69) is 12.2 Å². The molecule has 1 aromatic rings. The van der Waals surface area contributed by atoms with Crippen molar-refractivity contribution in [2.45, 2.75) is 58.4 Å². The summed E-state index contributed by atoms with van der Waals surface area (Å²) in [5, 5.41) is 2.86. The minimum absolute atomic E-state index is 0.0568. The monoisotopic (exact) mass is 275 g/mol. The van der Waals surface area contributed by atoms with Gasteiger partial charge >= 0.3 is 0 Å². The largest absolute Gasteiger partial charge is 0.354 e. The molecule has 0 fully saturated rings. The van der Waals surface area contributed by atoms with Gasteiger partial charge in [0.15, 0.2) is 0 Å². The normalized spacial score (nSPS) is 12.2. The van der Waals surface area contributed by atoms with E-state index in [1.54, 1.807) is 0 Å². The summed E-state index contributed by atoms with van der Waals surface area (Å²) >= 11 is 0. The Bertz CT molecular complexity index is 426. The van der Waals surface area contributed by atoms with E-state index in [9.17, 15) is 9.59 Å². The molecule has 0 heterocycles. The lowest BCUT2D eigenvalue weighted by atomic mass is 9.89. The fraction of sp³-hybridized carbons (Fsp3) is 0.529. The van der Waals surface area contributed by atoms with Gasteiger partial charge in [0.05, 0.1) is 5.92 Å². The van der Waals surface area contributed by atoms with E-state index in [0.717, 1.165) is 18.4 Å². The van der Waals surface area contributed by atoms with Gasteiger partial charge in [0.2, 0.25) is 5.91 Å². The maximum atomic E-state index is 12.3. The topological polar surface area (TPSA) is 46.2 Å². The molecule has 0 aliphatic heterocycles. The van der Waals surface area contributed by atoms with Crippen molar-refractivity contribution in [3.8, 4) is 0 Å². The molecule has 0 spiro atoms. The quantitative estimate of drug-likeness (QED) is 0.790. The van der Waals surface area contributed by atoms with Crippen LogP contribution in [0.15, 0.2) is 30.3 Å². The second-order valence-corrected chi connectivity index (χ2v) is 5.46. The Balaban J connectivity index is 2.79. The minimum atomic E-state index is -0.318. The second-order valence-electron chi connectivity index (χ2n) is 5.46. The summed E-state index contributed by atoms with van der Waals surface area (Å²) in [6.45, 7) is 5.92. The number of carbonyl (C=O) groups is 2. The Hall–Kier alpha value is -1.64. The van der Waals surface area contributed by atoms with Gasteiger partial charge in [-0.05, 0) is 25.8 Å². The number of amides is 1. The van der Waals surface area contributed by atoms with Gasteiger partial charge in [-0.3, -0.25) is 9.59 Å². The third-order valence-corrected chi connectivity index (χ3v) is 3.21. The van der Waals surface area contributed by atoms with Gasteiger partial charge in [-0.25, -0.2) is 0 Å². The maximum absolute atomic E-state index is 12.3. The molecule has 0 saturated heterocycles. The van der Waals surface area contributed by atoms with Crippen molar-refractivity contribution in [3.63, 3.8) is 0 Å². The first-order chi connectivity index (χ1) is 9.54. The summed E-state index contributed by atoms with van der Waals surface area (Å²) in [5.41, 5.74) is 0.938. The summed E-state index contributed by atoms with van der Waals surface area (Å²) in [6, 6.07) is 9.70. The molecule has 1 unspecified atom stereocenters. The van der Waals surface area contributed by atoms with Gasteiger partial charge in [0.1, 0.15) is 5.78 Å². The molecule has 3 nitrogen and oxygen atoms in total. The zero-order valence-electron chi connectivity index (χ0n) is 12.7. The Morgan fingerprint density at radius 1 is 1.15 bits per heavy atom. The highest BCUT2D eigenvalue weighted by Gasteiger charge is 2.23. The molecular formula is C17H25NO2. The average Bonchev–Trinajstić information content (AvgIpc) is 2.42. The first-order valence-corrected chi connectivity index (χ1v) is 7.41. The SMILES string of the molecule is CCCCC(=O)C(CC(=O)NC(C)C)c1ccccc1. The number of benzene rings is 1. The van der Waals surface area contributed by atoms with Crippen molar-refractivity contribution in [2.24, 2.45) is 0 Å². The second kappa shape index (κ2) is 8.51. The third kappa shape index (κ3) is 5.55. The number of carbonyl (C=O) groups excluding carboxylic acids is 2. The number of Topliss-reactive ketones (excluding diaryl/α,β-unsaturated/α-hetero) is 1. The molecule has 0 radical (unpaired) electrons. The summed E-state index contributed by atoms with van der Waals surface area (Å²) < 4.78 is 0. The summed E-state index contributed by atoms with van der Waals surface area (Å²) in [5.74, 6) is -0.211. The number of unbranched alkanes of at least 4 members (excludes halogenated alkanes) is 1. The van der Waals surface area contributed by atoms with E-state index in [1.807, 2.05) is 44.2 Å². The molecule has 0 bridgehead atoms. The van der Waals surface area contributed by atoms with Crippen molar-refractivity contribution < 1.29 is 9.59 Å². The predicted octanol–water partition coefficient (Wildman–Crippen LogP) is 3.44. The summed E-state index contributed by atoms with van der Waals surface area (Å²) in [6.07, 6.45) is 2.66. The number of nitrogens with one attached hydrogen (secondary N) is 1. The third-order valence-electron chi connectivity index (χ3n) is 3.21. The van der Waals surface area contributed by atoms with Crippen LogP contribution >= 0.6 is 0 Å². The van der Waals surface area contributed by atoms with Crippen LogP contribution in [0.4, 0.5) is 0 Å². The van der Waals surface area contributed by atoms with E-state index in [0.29, 0.717) is 6.42 Å². The lowest BCUT2D eigenvalue weighted by Crippen LogP contribution is -2.32. The van der Waals surface area contributed by atoms with Crippen LogP contribution in [0.3, 0.4) is 0 Å². The van der Waals surface area contributed by atoms with Crippen LogP contribution in [0.2, 0.25) is 0 Å². The maximum Gasteiger partial charge on any atom is 0.221 e. The Morgan fingerprint density at radius 2 is 1.80 bits per heavy atom. The summed E-state index contributed by atoms with van der Waals surface area (Å²) in [7, 11) is 0. The standard InChI is InChI=1S/C17H25NO2/c1-4-5-11-16(19)15(12-17(20)18-13(2)3)14-9-7-6-8-10-14/h6-10,13,15H,4-5,11-12H2,1-3H3,(H,18,20). The zero-order valence-corrected chi connectivity index (χ0v) is 12.7. The van der Waals surface area contributed by atoms with Crippen LogP contribution in [0.1, 0.15) is 57.9 Å². The number of ketones is 1. The van der Waals surface area contributed by atoms with Gasteiger partial charge in [-0.1, -0.05) is 43.7 Å². The molecule has 1 rings (SSSR count). The van der Waals surface area contributed by atoms with E-state index >= 15 is 0 Å². The molecule has 0 aliphatic carbocycles. The number of rotatable bonds is 8. The highest BCUT2D eigenvalue weighted by Crippen LogP contribution is 2.23. The van der Waals surface area contributed by atoms with E-state index in [-0.39, 0.29) is 30.1 Å².